The normalized spacial score (nSPS) is 9.50. The first kappa shape index (κ1) is 12.1. The highest BCUT2D eigenvalue weighted by Gasteiger charge is 2.17. The van der Waals surface area contributed by atoms with E-state index in [0.29, 0.717) is 20.5 Å². The van der Waals surface area contributed by atoms with Crippen LogP contribution in [0.3, 0.4) is 0 Å². The van der Waals surface area contributed by atoms with E-state index in [9.17, 15) is 0 Å². The number of nitriles is 2. The average Bonchev–Trinajstić information content (AvgIpc) is 2.37. The molecule has 1 aromatic rings. The molecule has 3 nitrogen and oxygen atoms in total. The second-order valence-corrected chi connectivity index (χ2v) is 5.20. The zero-order valence-electron chi connectivity index (χ0n) is 6.59. The molecule has 0 saturated heterocycles. The fourth-order valence-corrected chi connectivity index (χ4v) is 3.70. The van der Waals surface area contributed by atoms with Gasteiger partial charge in [0, 0.05) is 0 Å². The van der Waals surface area contributed by atoms with Crippen LogP contribution in [0.25, 0.3) is 0 Å². The Morgan fingerprint density at radius 1 is 1.21 bits per heavy atom. The highest BCUT2D eigenvalue weighted by atomic mass is 79.9. The van der Waals surface area contributed by atoms with Crippen LogP contribution in [-0.4, -0.2) is 4.57 Å². The van der Waals surface area contributed by atoms with Crippen molar-refractivity contribution >= 4 is 59.6 Å². The smallest absolute Gasteiger partial charge is 0.135 e. The number of hydrogen-bond acceptors (Lipinski definition) is 3. The summed E-state index contributed by atoms with van der Waals surface area (Å²) in [5.41, 5.74) is 0.524. The average molecular weight is 400 g/mol. The number of thioether (sulfide) groups is 1. The minimum Gasteiger partial charge on any atom is -0.317 e. The minimum absolute atomic E-state index is 0.470. The predicted molar refractivity (Wildman–Crippen MR) is 65.5 cm³/mol. The summed E-state index contributed by atoms with van der Waals surface area (Å²) >= 11 is 11.0. The number of hydrogen-bond donors (Lipinski definition) is 0. The van der Waals surface area contributed by atoms with E-state index in [1.54, 1.807) is 4.57 Å². The van der Waals surface area contributed by atoms with Crippen molar-refractivity contribution in [3.8, 4) is 11.5 Å². The number of nitrogens with zero attached hydrogens (tertiary/aromatic N) is 3. The predicted octanol–water partition coefficient (Wildman–Crippen LogP) is 3.82. The van der Waals surface area contributed by atoms with Gasteiger partial charge in [0.25, 0.3) is 0 Å². The largest absolute Gasteiger partial charge is 0.317 e. The molecule has 1 rings (SSSR count). The quantitative estimate of drug-likeness (QED) is 0.710. The van der Waals surface area contributed by atoms with E-state index in [1.807, 2.05) is 5.40 Å². The molecule has 0 N–H and O–H groups in total. The van der Waals surface area contributed by atoms with Crippen LogP contribution >= 0.6 is 59.6 Å². The summed E-state index contributed by atoms with van der Waals surface area (Å²) in [5.74, 6) is 0.470. The van der Waals surface area contributed by atoms with E-state index in [-0.39, 0.29) is 0 Å². The van der Waals surface area contributed by atoms with Gasteiger partial charge in [0.2, 0.25) is 0 Å². The molecule has 1 aromatic heterocycles. The molecule has 0 fully saturated rings. The minimum atomic E-state index is 0.470. The molecule has 0 spiro atoms. The zero-order chi connectivity index (χ0) is 10.7. The first-order chi connectivity index (χ1) is 6.63. The first-order valence-corrected chi connectivity index (χ1v) is 6.63. The van der Waals surface area contributed by atoms with Crippen molar-refractivity contribution in [3.63, 3.8) is 0 Å². The molecule has 0 aliphatic heterocycles. The van der Waals surface area contributed by atoms with Crippen LogP contribution in [0.5, 0.6) is 0 Å². The van der Waals surface area contributed by atoms with Crippen molar-refractivity contribution < 1.29 is 0 Å². The highest BCUT2D eigenvalue weighted by molar-refractivity contribution is 9.13. The van der Waals surface area contributed by atoms with Gasteiger partial charge >= 0.3 is 0 Å². The summed E-state index contributed by atoms with van der Waals surface area (Å²) in [7, 11) is 0. The van der Waals surface area contributed by atoms with Crippen molar-refractivity contribution in [2.24, 2.45) is 0 Å². The number of aromatic nitrogens is 1. The van der Waals surface area contributed by atoms with Gasteiger partial charge in [-0.25, -0.2) is 0 Å². The van der Waals surface area contributed by atoms with Gasteiger partial charge in [0.1, 0.15) is 20.7 Å². The van der Waals surface area contributed by atoms with E-state index in [0.717, 1.165) is 16.4 Å². The fourth-order valence-electron chi connectivity index (χ4n) is 0.835. The number of thiocyanates is 1. The van der Waals surface area contributed by atoms with Gasteiger partial charge in [0.05, 0.1) is 15.9 Å². The molecule has 0 aromatic carbocycles. The summed E-state index contributed by atoms with van der Waals surface area (Å²) in [6.45, 7) is 0. The van der Waals surface area contributed by atoms with E-state index < -0.39 is 0 Å². The summed E-state index contributed by atoms with van der Waals surface area (Å²) < 4.78 is 3.91. The second kappa shape index (κ2) is 5.22. The van der Waals surface area contributed by atoms with Gasteiger partial charge in [0.15, 0.2) is 0 Å². The summed E-state index contributed by atoms with van der Waals surface area (Å²) in [6.07, 6.45) is 0. The van der Waals surface area contributed by atoms with Crippen LogP contribution < -0.4 is 0 Å². The molecule has 0 atom stereocenters. The standard InChI is InChI=1S/C7H2Br3N3S/c8-5-4(1-11)6(9)13(7(5)10)3-14-2-12/h3H2. The molecule has 0 radical (unpaired) electrons. The Hall–Kier alpha value is 0.0500. The second-order valence-electron chi connectivity index (χ2n) is 2.18. The maximum Gasteiger partial charge on any atom is 0.135 e. The van der Waals surface area contributed by atoms with Crippen molar-refractivity contribution in [2.45, 2.75) is 5.88 Å². The molecule has 7 heteroatoms. The summed E-state index contributed by atoms with van der Waals surface area (Å²) in [4.78, 5) is 0. The molecule has 0 saturated carbocycles. The van der Waals surface area contributed by atoms with Crippen molar-refractivity contribution in [1.82, 2.24) is 4.57 Å². The molecule has 0 amide bonds. The van der Waals surface area contributed by atoms with E-state index in [1.165, 1.54) is 0 Å². The molecular weight excluding hydrogens is 398 g/mol. The Balaban J connectivity index is 3.20. The van der Waals surface area contributed by atoms with Crippen LogP contribution in [0.2, 0.25) is 0 Å². The highest BCUT2D eigenvalue weighted by Crippen LogP contribution is 2.36. The lowest BCUT2D eigenvalue weighted by atomic mass is 10.4. The maximum atomic E-state index is 8.85. The first-order valence-electron chi connectivity index (χ1n) is 3.27. The van der Waals surface area contributed by atoms with Crippen LogP contribution in [0, 0.1) is 22.0 Å². The summed E-state index contributed by atoms with van der Waals surface area (Å²) in [5, 5.41) is 19.3. The Kier molecular flexibility index (Phi) is 4.52. The molecule has 0 aliphatic rings. The van der Waals surface area contributed by atoms with E-state index in [2.05, 4.69) is 53.9 Å². The summed E-state index contributed by atoms with van der Waals surface area (Å²) in [6, 6.07) is 2.06. The molecular formula is C7H2Br3N3S. The van der Waals surface area contributed by atoms with Crippen LogP contribution in [0.15, 0.2) is 13.7 Å². The van der Waals surface area contributed by atoms with Crippen LogP contribution in [-0.2, 0) is 5.88 Å². The third kappa shape index (κ3) is 2.17. The molecule has 0 aliphatic carbocycles. The van der Waals surface area contributed by atoms with Crippen molar-refractivity contribution in [3.05, 3.63) is 19.2 Å². The molecule has 72 valence electrons. The van der Waals surface area contributed by atoms with Gasteiger partial charge in [-0.3, -0.25) is 0 Å². The Labute approximate surface area is 110 Å². The van der Waals surface area contributed by atoms with Gasteiger partial charge in [-0.15, -0.1) is 0 Å². The Morgan fingerprint density at radius 2 is 1.86 bits per heavy atom. The van der Waals surface area contributed by atoms with E-state index >= 15 is 0 Å². The van der Waals surface area contributed by atoms with Gasteiger partial charge in [-0.2, -0.15) is 10.5 Å². The van der Waals surface area contributed by atoms with Crippen LogP contribution in [0.1, 0.15) is 5.56 Å². The lowest BCUT2D eigenvalue weighted by Crippen LogP contribution is -1.93. The fraction of sp³-hybridized carbons (Fsp3) is 0.143. The van der Waals surface area contributed by atoms with Crippen molar-refractivity contribution in [2.75, 3.05) is 0 Å². The Morgan fingerprint density at radius 3 is 2.29 bits per heavy atom. The van der Waals surface area contributed by atoms with Crippen LogP contribution in [0.4, 0.5) is 0 Å². The zero-order valence-corrected chi connectivity index (χ0v) is 12.2. The SMILES string of the molecule is N#CSCn1c(Br)c(Br)c(C#N)c1Br. The monoisotopic (exact) mass is 397 g/mol. The van der Waals surface area contributed by atoms with Gasteiger partial charge in [-0.05, 0) is 59.6 Å². The van der Waals surface area contributed by atoms with Crippen molar-refractivity contribution in [1.29, 1.82) is 10.5 Å². The molecule has 1 heterocycles. The van der Waals surface area contributed by atoms with Gasteiger partial charge in [-0.1, -0.05) is 0 Å². The Bertz CT molecular complexity index is 441. The number of halogens is 3. The third-order valence-corrected chi connectivity index (χ3v) is 4.92. The lowest BCUT2D eigenvalue weighted by Gasteiger charge is -2.01. The topological polar surface area (TPSA) is 52.5 Å². The molecule has 0 bridgehead atoms. The molecule has 14 heavy (non-hydrogen) atoms. The third-order valence-electron chi connectivity index (χ3n) is 1.45. The lowest BCUT2D eigenvalue weighted by molar-refractivity contribution is 0.854. The van der Waals surface area contributed by atoms with E-state index in [4.69, 9.17) is 10.5 Å². The number of rotatable bonds is 2. The molecule has 0 unspecified atom stereocenters. The van der Waals surface area contributed by atoms with Gasteiger partial charge < -0.3 is 4.57 Å². The maximum absolute atomic E-state index is 8.85.